The molecule has 2 aromatic carbocycles. The van der Waals surface area contributed by atoms with Crippen LogP contribution in [0.15, 0.2) is 59.8 Å². The van der Waals surface area contributed by atoms with E-state index in [1.165, 1.54) is 40.3 Å². The van der Waals surface area contributed by atoms with Gasteiger partial charge in [0.15, 0.2) is 0 Å². The zero-order chi connectivity index (χ0) is 25.8. The van der Waals surface area contributed by atoms with Gasteiger partial charge in [0.25, 0.3) is 5.69 Å². The number of hydroxylamine groups is 2. The zero-order valence-corrected chi connectivity index (χ0v) is 20.3. The lowest BCUT2D eigenvalue weighted by Gasteiger charge is -2.44. The van der Waals surface area contributed by atoms with Crippen molar-refractivity contribution in [1.29, 1.82) is 0 Å². The third-order valence-corrected chi connectivity index (χ3v) is 7.92. The molecule has 6 rings (SSSR count). The minimum atomic E-state index is -0.823. The number of rotatable bonds is 6. The number of non-ortho nitro benzene ring substituents is 1. The summed E-state index contributed by atoms with van der Waals surface area (Å²) in [7, 11) is 0. The number of aliphatic hydroxyl groups excluding tert-OH is 1. The van der Waals surface area contributed by atoms with Gasteiger partial charge in [-0.1, -0.05) is 24.3 Å². The van der Waals surface area contributed by atoms with Gasteiger partial charge >= 0.3 is 5.97 Å². The van der Waals surface area contributed by atoms with Crippen LogP contribution in [0.4, 0.5) is 5.69 Å². The number of amides is 1. The average molecular weight is 506 g/mol. The van der Waals surface area contributed by atoms with Crippen molar-refractivity contribution in [2.75, 3.05) is 0 Å². The second kappa shape index (κ2) is 9.05. The first-order valence-corrected chi connectivity index (χ1v) is 12.5. The van der Waals surface area contributed by atoms with Gasteiger partial charge < -0.3 is 14.7 Å². The Hall–Kier alpha value is -3.60. The van der Waals surface area contributed by atoms with E-state index >= 15 is 0 Å². The number of esters is 1. The van der Waals surface area contributed by atoms with Gasteiger partial charge in [0, 0.05) is 24.7 Å². The number of carbonyl (C=O) groups is 2. The molecule has 1 amide bonds. The highest BCUT2D eigenvalue weighted by Gasteiger charge is 2.58. The highest BCUT2D eigenvalue weighted by atomic mass is 16.7. The minimum Gasteiger partial charge on any atom is -0.456 e. The molecule has 2 aromatic rings. The van der Waals surface area contributed by atoms with Crippen LogP contribution < -0.4 is 0 Å². The van der Waals surface area contributed by atoms with Crippen LogP contribution >= 0.6 is 0 Å². The van der Waals surface area contributed by atoms with E-state index in [1.54, 1.807) is 6.92 Å². The molecule has 0 bridgehead atoms. The number of carbonyl (C=O) groups excluding carboxylic acids is 2. The number of hydrogen-bond acceptors (Lipinski definition) is 8. The van der Waals surface area contributed by atoms with E-state index in [9.17, 15) is 24.8 Å². The molecule has 10 heteroatoms. The van der Waals surface area contributed by atoms with Gasteiger partial charge in [0.1, 0.15) is 18.4 Å². The number of aliphatic hydroxyl groups is 1. The zero-order valence-electron chi connectivity index (χ0n) is 20.3. The largest absolute Gasteiger partial charge is 0.456 e. The number of nitro groups is 1. The maximum Gasteiger partial charge on any atom is 0.355 e. The highest BCUT2D eigenvalue weighted by Crippen LogP contribution is 2.48. The molecular weight excluding hydrogens is 478 g/mol. The lowest BCUT2D eigenvalue weighted by Crippen LogP contribution is -2.61. The lowest BCUT2D eigenvalue weighted by atomic mass is 9.82. The Kier molecular flexibility index (Phi) is 5.82. The normalized spacial score (nSPS) is 27.3. The number of hydrogen-bond donors (Lipinski definition) is 1. The van der Waals surface area contributed by atoms with Gasteiger partial charge in [-0.3, -0.25) is 19.7 Å². The number of nitrogens with zero attached hydrogens (tertiary/aromatic N) is 3. The summed E-state index contributed by atoms with van der Waals surface area (Å²) in [6.07, 6.45) is 0.797. The Labute approximate surface area is 213 Å². The summed E-state index contributed by atoms with van der Waals surface area (Å²) in [5.41, 5.74) is 4.00. The first-order chi connectivity index (χ1) is 17.8. The van der Waals surface area contributed by atoms with Crippen molar-refractivity contribution in [3.05, 3.63) is 86.6 Å². The smallest absolute Gasteiger partial charge is 0.355 e. The molecule has 0 saturated carbocycles. The second-order valence-corrected chi connectivity index (χ2v) is 10.2. The van der Waals surface area contributed by atoms with Gasteiger partial charge in [0.2, 0.25) is 5.91 Å². The van der Waals surface area contributed by atoms with Crippen molar-refractivity contribution in [3.63, 3.8) is 0 Å². The van der Waals surface area contributed by atoms with Crippen LogP contribution in [0, 0.1) is 16.0 Å². The Morgan fingerprint density at radius 3 is 2.62 bits per heavy atom. The van der Waals surface area contributed by atoms with Gasteiger partial charge in [-0.2, -0.15) is 5.06 Å². The molecule has 4 heterocycles. The molecule has 4 aliphatic rings. The second-order valence-electron chi connectivity index (χ2n) is 10.2. The van der Waals surface area contributed by atoms with Crippen LogP contribution in [0.1, 0.15) is 36.5 Å². The van der Waals surface area contributed by atoms with E-state index in [4.69, 9.17) is 9.57 Å². The number of fused-ring (bicyclic) bond motifs is 3. The first kappa shape index (κ1) is 23.8. The minimum absolute atomic E-state index is 0.0500. The molecule has 0 radical (unpaired) electrons. The molecular formula is C27H27N3O7. The van der Waals surface area contributed by atoms with Crippen LogP contribution in [0.25, 0.3) is 0 Å². The topological polar surface area (TPSA) is 122 Å². The third kappa shape index (κ3) is 4.01. The summed E-state index contributed by atoms with van der Waals surface area (Å²) < 4.78 is 5.58. The van der Waals surface area contributed by atoms with Crippen molar-refractivity contribution in [3.8, 4) is 0 Å². The standard InChI is InChI=1S/C27H27N3O7/c1-15(31)24-22-12-21(23-11-20-10-17-4-2-3-5-18(17)13-28(20)37-23)25(29(22)26(24)32)27(33)36-14-16-6-8-19(9-7-16)30(34)35/h2-9,15,20,22-24,31H,10-14H2,1H3/t15-,20?,22-,23?,24-/m1/s1. The molecule has 2 unspecified atom stereocenters. The fraction of sp³-hybridized carbons (Fsp3) is 0.407. The molecule has 2 saturated heterocycles. The van der Waals surface area contributed by atoms with Crippen molar-refractivity contribution >= 4 is 17.6 Å². The van der Waals surface area contributed by atoms with Gasteiger partial charge in [-0.05, 0) is 60.6 Å². The molecule has 0 spiro atoms. The van der Waals surface area contributed by atoms with Crippen LogP contribution in [0.3, 0.4) is 0 Å². The van der Waals surface area contributed by atoms with E-state index in [0.29, 0.717) is 24.9 Å². The van der Waals surface area contributed by atoms with Crippen LogP contribution in [-0.4, -0.2) is 56.2 Å². The quantitative estimate of drug-likeness (QED) is 0.275. The fourth-order valence-corrected chi connectivity index (χ4v) is 6.06. The molecule has 0 aromatic heterocycles. The highest BCUT2D eigenvalue weighted by molar-refractivity contribution is 6.00. The summed E-state index contributed by atoms with van der Waals surface area (Å²) in [4.78, 5) is 44.5. The molecule has 5 atom stereocenters. The van der Waals surface area contributed by atoms with Crippen molar-refractivity contribution in [2.24, 2.45) is 5.92 Å². The van der Waals surface area contributed by atoms with Gasteiger partial charge in [0.05, 0.1) is 23.0 Å². The molecule has 2 fully saturated rings. The Morgan fingerprint density at radius 2 is 1.92 bits per heavy atom. The molecule has 37 heavy (non-hydrogen) atoms. The van der Waals surface area contributed by atoms with Crippen molar-refractivity contribution < 1.29 is 29.2 Å². The molecule has 0 aliphatic carbocycles. The average Bonchev–Trinajstić information content (AvgIpc) is 3.44. The summed E-state index contributed by atoms with van der Waals surface area (Å²) >= 11 is 0. The first-order valence-electron chi connectivity index (χ1n) is 12.5. The number of ether oxygens (including phenoxy) is 1. The van der Waals surface area contributed by atoms with Crippen LogP contribution in [-0.2, 0) is 38.7 Å². The molecule has 4 aliphatic heterocycles. The summed E-state index contributed by atoms with van der Waals surface area (Å²) in [5.74, 6) is -1.49. The fourth-order valence-electron chi connectivity index (χ4n) is 6.06. The van der Waals surface area contributed by atoms with Gasteiger partial charge in [-0.15, -0.1) is 0 Å². The predicted octanol–water partition coefficient (Wildman–Crippen LogP) is 2.63. The summed E-state index contributed by atoms with van der Waals surface area (Å²) in [6, 6.07) is 13.9. The third-order valence-electron chi connectivity index (χ3n) is 7.92. The maximum atomic E-state index is 13.4. The maximum absolute atomic E-state index is 13.4. The predicted molar refractivity (Wildman–Crippen MR) is 129 cm³/mol. The lowest BCUT2D eigenvalue weighted by molar-refractivity contribution is -0.384. The van der Waals surface area contributed by atoms with E-state index in [1.807, 2.05) is 17.2 Å². The summed E-state index contributed by atoms with van der Waals surface area (Å²) in [5, 5.41) is 23.0. The molecule has 10 nitrogen and oxygen atoms in total. The van der Waals surface area contributed by atoms with Crippen molar-refractivity contribution in [1.82, 2.24) is 9.96 Å². The Balaban J connectivity index is 1.23. The van der Waals surface area contributed by atoms with E-state index in [2.05, 4.69) is 12.1 Å². The SMILES string of the molecule is C[C@@H](O)[C@H]1C(=O)N2C(C(=O)OCc3ccc([N+](=O)[O-])cc3)=C(C3CC4Cc5ccccc5CN4O3)C[C@H]12. The van der Waals surface area contributed by atoms with E-state index in [-0.39, 0.29) is 42.1 Å². The summed E-state index contributed by atoms with van der Waals surface area (Å²) in [6.45, 7) is 2.16. The number of β-lactam (4-membered cyclic amide) rings is 1. The van der Waals surface area contributed by atoms with E-state index in [0.717, 1.165) is 12.0 Å². The number of benzene rings is 2. The Morgan fingerprint density at radius 1 is 1.19 bits per heavy atom. The monoisotopic (exact) mass is 505 g/mol. The number of nitro benzene ring substituents is 1. The molecule has 1 N–H and O–H groups in total. The van der Waals surface area contributed by atoms with Crippen molar-refractivity contribution in [2.45, 2.75) is 63.6 Å². The van der Waals surface area contributed by atoms with Crippen LogP contribution in [0.5, 0.6) is 0 Å². The van der Waals surface area contributed by atoms with E-state index < -0.39 is 22.9 Å². The molecule has 192 valence electrons. The van der Waals surface area contributed by atoms with Crippen LogP contribution in [0.2, 0.25) is 0 Å². The van der Waals surface area contributed by atoms with Gasteiger partial charge in [-0.25, -0.2) is 4.79 Å². The Bertz CT molecular complexity index is 1270.